The summed E-state index contributed by atoms with van der Waals surface area (Å²) in [6.07, 6.45) is 0.474. The van der Waals surface area contributed by atoms with E-state index in [4.69, 9.17) is 4.74 Å². The zero-order valence-electron chi connectivity index (χ0n) is 15.9. The standard InChI is InChI=1S/C21H20FN3O3S/c1-3-18(20(27)23-16-7-5-4-6-15(16)22)29-21-24-17(12-19(26)25-21)13-8-10-14(28-2)11-9-13/h4-12,18H,3H2,1-2H3,(H,23,27)(H,24,25,26). The summed E-state index contributed by atoms with van der Waals surface area (Å²) in [5.74, 6) is -0.169. The molecular formula is C21H20FN3O3S. The summed E-state index contributed by atoms with van der Waals surface area (Å²) >= 11 is 1.13. The van der Waals surface area contributed by atoms with Crippen molar-refractivity contribution in [1.29, 1.82) is 0 Å². The third kappa shape index (κ3) is 5.23. The van der Waals surface area contributed by atoms with E-state index in [1.54, 1.807) is 43.5 Å². The fraction of sp³-hybridized carbons (Fsp3) is 0.190. The van der Waals surface area contributed by atoms with Crippen molar-refractivity contribution in [1.82, 2.24) is 9.97 Å². The molecule has 8 heteroatoms. The van der Waals surface area contributed by atoms with Gasteiger partial charge in [0.2, 0.25) is 5.91 Å². The van der Waals surface area contributed by atoms with Gasteiger partial charge in [-0.25, -0.2) is 9.37 Å². The van der Waals surface area contributed by atoms with Crippen LogP contribution in [0.25, 0.3) is 11.3 Å². The van der Waals surface area contributed by atoms with Crippen LogP contribution < -0.4 is 15.6 Å². The van der Waals surface area contributed by atoms with Crippen LogP contribution in [0.15, 0.2) is 64.5 Å². The maximum Gasteiger partial charge on any atom is 0.252 e. The summed E-state index contributed by atoms with van der Waals surface area (Å²) in [5, 5.41) is 2.35. The molecule has 150 valence electrons. The number of benzene rings is 2. The summed E-state index contributed by atoms with van der Waals surface area (Å²) in [5.41, 5.74) is 1.04. The summed E-state index contributed by atoms with van der Waals surface area (Å²) < 4.78 is 18.9. The minimum Gasteiger partial charge on any atom is -0.497 e. The van der Waals surface area contributed by atoms with E-state index in [1.807, 2.05) is 6.92 Å². The Morgan fingerprint density at radius 1 is 1.24 bits per heavy atom. The number of methoxy groups -OCH3 is 1. The molecule has 0 fully saturated rings. The molecule has 6 nitrogen and oxygen atoms in total. The van der Waals surface area contributed by atoms with Gasteiger partial charge < -0.3 is 15.0 Å². The lowest BCUT2D eigenvalue weighted by Gasteiger charge is -2.15. The topological polar surface area (TPSA) is 84.1 Å². The van der Waals surface area contributed by atoms with Crippen molar-refractivity contribution in [3.05, 3.63) is 70.8 Å². The number of nitrogens with zero attached hydrogens (tertiary/aromatic N) is 1. The minimum absolute atomic E-state index is 0.116. The van der Waals surface area contributed by atoms with Crippen LogP contribution in [0.5, 0.6) is 5.75 Å². The SMILES string of the molecule is CCC(Sc1nc(-c2ccc(OC)cc2)cc(=O)[nH]1)C(=O)Nc1ccccc1F. The third-order valence-electron chi connectivity index (χ3n) is 4.15. The Balaban J connectivity index is 1.80. The number of halogens is 1. The predicted octanol–water partition coefficient (Wildman–Crippen LogP) is 4.09. The number of aromatic amines is 1. The summed E-state index contributed by atoms with van der Waals surface area (Å²) in [6, 6.07) is 14.5. The number of H-pyrrole nitrogens is 1. The first-order valence-electron chi connectivity index (χ1n) is 8.98. The van der Waals surface area contributed by atoms with E-state index in [-0.39, 0.29) is 17.2 Å². The highest BCUT2D eigenvalue weighted by Gasteiger charge is 2.21. The average molecular weight is 413 g/mol. The molecule has 1 heterocycles. The molecule has 1 aromatic heterocycles. The fourth-order valence-corrected chi connectivity index (χ4v) is 3.55. The van der Waals surface area contributed by atoms with E-state index >= 15 is 0 Å². The predicted molar refractivity (Wildman–Crippen MR) is 112 cm³/mol. The second kappa shape index (κ2) is 9.38. The molecule has 2 N–H and O–H groups in total. The van der Waals surface area contributed by atoms with Gasteiger partial charge in [-0.15, -0.1) is 0 Å². The van der Waals surface area contributed by atoms with Gasteiger partial charge >= 0.3 is 0 Å². The maximum atomic E-state index is 13.8. The number of carbonyl (C=O) groups excluding carboxylic acids is 1. The molecule has 0 spiro atoms. The Morgan fingerprint density at radius 3 is 2.62 bits per heavy atom. The normalized spacial score (nSPS) is 11.7. The molecule has 1 atom stereocenters. The molecule has 0 saturated carbocycles. The number of hydrogen-bond acceptors (Lipinski definition) is 5. The van der Waals surface area contributed by atoms with Crippen LogP contribution in [0, 0.1) is 5.82 Å². The molecule has 3 aromatic rings. The van der Waals surface area contributed by atoms with E-state index in [1.165, 1.54) is 18.2 Å². The Morgan fingerprint density at radius 2 is 1.97 bits per heavy atom. The number of thioether (sulfide) groups is 1. The maximum absolute atomic E-state index is 13.8. The quantitative estimate of drug-likeness (QED) is 0.450. The highest BCUT2D eigenvalue weighted by molar-refractivity contribution is 8.00. The number of carbonyl (C=O) groups is 1. The van der Waals surface area contributed by atoms with Crippen molar-refractivity contribution in [2.75, 3.05) is 12.4 Å². The first-order chi connectivity index (χ1) is 14.0. The lowest BCUT2D eigenvalue weighted by molar-refractivity contribution is -0.115. The molecule has 0 bridgehead atoms. The molecule has 0 aliphatic rings. The average Bonchev–Trinajstić information content (AvgIpc) is 2.73. The largest absolute Gasteiger partial charge is 0.497 e. The number of ether oxygens (including phenoxy) is 1. The number of amides is 1. The molecule has 2 aromatic carbocycles. The van der Waals surface area contributed by atoms with Gasteiger partial charge in [0.15, 0.2) is 5.16 Å². The van der Waals surface area contributed by atoms with Crippen molar-refractivity contribution in [3.63, 3.8) is 0 Å². The molecular weight excluding hydrogens is 393 g/mol. The van der Waals surface area contributed by atoms with Gasteiger partial charge in [-0.2, -0.15) is 0 Å². The van der Waals surface area contributed by atoms with Crippen LogP contribution in [0.4, 0.5) is 10.1 Å². The monoisotopic (exact) mass is 413 g/mol. The summed E-state index contributed by atoms with van der Waals surface area (Å²) in [4.78, 5) is 31.8. The summed E-state index contributed by atoms with van der Waals surface area (Å²) in [7, 11) is 1.58. The molecule has 0 radical (unpaired) electrons. The first-order valence-corrected chi connectivity index (χ1v) is 9.86. The second-order valence-electron chi connectivity index (χ2n) is 6.15. The van der Waals surface area contributed by atoms with E-state index in [9.17, 15) is 14.0 Å². The molecule has 3 rings (SSSR count). The number of para-hydroxylation sites is 1. The summed E-state index contributed by atoms with van der Waals surface area (Å²) in [6.45, 7) is 1.84. The fourth-order valence-electron chi connectivity index (χ4n) is 2.63. The van der Waals surface area contributed by atoms with Crippen molar-refractivity contribution >= 4 is 23.4 Å². The first kappa shape index (κ1) is 20.6. The molecule has 0 aliphatic carbocycles. The Labute approximate surface area is 171 Å². The molecule has 0 saturated heterocycles. The Bertz CT molecular complexity index is 1050. The highest BCUT2D eigenvalue weighted by Crippen LogP contribution is 2.26. The lowest BCUT2D eigenvalue weighted by atomic mass is 10.1. The van der Waals surface area contributed by atoms with Crippen LogP contribution >= 0.6 is 11.8 Å². The number of hydrogen-bond donors (Lipinski definition) is 2. The van der Waals surface area contributed by atoms with Gasteiger partial charge in [-0.1, -0.05) is 30.8 Å². The van der Waals surface area contributed by atoms with Gasteiger partial charge in [-0.05, 0) is 42.8 Å². The molecule has 29 heavy (non-hydrogen) atoms. The van der Waals surface area contributed by atoms with E-state index in [0.29, 0.717) is 23.0 Å². The van der Waals surface area contributed by atoms with E-state index < -0.39 is 11.1 Å². The minimum atomic E-state index is -0.552. The number of anilines is 1. The van der Waals surface area contributed by atoms with Gasteiger partial charge in [0.1, 0.15) is 11.6 Å². The number of aromatic nitrogens is 2. The number of rotatable bonds is 7. The second-order valence-corrected chi connectivity index (χ2v) is 7.34. The van der Waals surface area contributed by atoms with E-state index in [2.05, 4.69) is 15.3 Å². The van der Waals surface area contributed by atoms with Gasteiger partial charge in [0.25, 0.3) is 5.56 Å². The third-order valence-corrected chi connectivity index (χ3v) is 5.40. The van der Waals surface area contributed by atoms with Crippen molar-refractivity contribution in [2.24, 2.45) is 0 Å². The van der Waals surface area contributed by atoms with Gasteiger partial charge in [-0.3, -0.25) is 9.59 Å². The zero-order valence-corrected chi connectivity index (χ0v) is 16.8. The Hall–Kier alpha value is -3.13. The number of nitrogens with one attached hydrogen (secondary N) is 2. The van der Waals surface area contributed by atoms with Crippen molar-refractivity contribution in [3.8, 4) is 17.0 Å². The smallest absolute Gasteiger partial charge is 0.252 e. The van der Waals surface area contributed by atoms with E-state index in [0.717, 1.165) is 17.3 Å². The highest BCUT2D eigenvalue weighted by atomic mass is 32.2. The van der Waals surface area contributed by atoms with Crippen LogP contribution in [0.3, 0.4) is 0 Å². The molecule has 1 amide bonds. The van der Waals surface area contributed by atoms with Crippen LogP contribution in [-0.4, -0.2) is 28.2 Å². The van der Waals surface area contributed by atoms with Gasteiger partial charge in [0.05, 0.1) is 23.7 Å². The van der Waals surface area contributed by atoms with Crippen LogP contribution in [-0.2, 0) is 4.79 Å². The van der Waals surface area contributed by atoms with Crippen LogP contribution in [0.2, 0.25) is 0 Å². The van der Waals surface area contributed by atoms with Crippen molar-refractivity contribution < 1.29 is 13.9 Å². The molecule has 1 unspecified atom stereocenters. The lowest BCUT2D eigenvalue weighted by Crippen LogP contribution is -2.25. The zero-order chi connectivity index (χ0) is 20.8. The Kier molecular flexibility index (Phi) is 6.66. The van der Waals surface area contributed by atoms with Crippen molar-refractivity contribution in [2.45, 2.75) is 23.8 Å². The molecule has 0 aliphatic heterocycles. The van der Waals surface area contributed by atoms with Gasteiger partial charge in [0, 0.05) is 11.6 Å². The van der Waals surface area contributed by atoms with Crippen LogP contribution in [0.1, 0.15) is 13.3 Å².